The Kier molecular flexibility index (Phi) is 5.69. The number of carbonyl (C=O) groups excluding carboxylic acids is 2. The van der Waals surface area contributed by atoms with Crippen molar-refractivity contribution in [3.63, 3.8) is 0 Å². The second-order valence-corrected chi connectivity index (χ2v) is 7.24. The highest BCUT2D eigenvalue weighted by molar-refractivity contribution is 5.77. The van der Waals surface area contributed by atoms with Crippen LogP contribution in [-0.4, -0.2) is 55.8 Å². The summed E-state index contributed by atoms with van der Waals surface area (Å²) >= 11 is 0. The lowest BCUT2D eigenvalue weighted by molar-refractivity contribution is -0.195. The maximum absolute atomic E-state index is 12.1. The first-order valence-corrected chi connectivity index (χ1v) is 8.98. The van der Waals surface area contributed by atoms with Crippen molar-refractivity contribution in [1.82, 2.24) is 10.6 Å². The minimum Gasteiger partial charge on any atom is -0.445 e. The SMILES string of the molecule is CNC(=O)C[C@@]1(CNC(=O)OCc2ccccc2)OC[C@H]2OC(C)(C)O[C@H]21. The number of hydrogen-bond acceptors (Lipinski definition) is 6. The largest absolute Gasteiger partial charge is 0.445 e. The second-order valence-electron chi connectivity index (χ2n) is 7.24. The number of rotatable bonds is 6. The van der Waals surface area contributed by atoms with Crippen LogP contribution in [0.4, 0.5) is 4.79 Å². The fourth-order valence-electron chi connectivity index (χ4n) is 3.46. The molecular formula is C19H26N2O6. The molecule has 2 fully saturated rings. The van der Waals surface area contributed by atoms with Gasteiger partial charge in [-0.05, 0) is 19.4 Å². The molecule has 0 aromatic heterocycles. The molecule has 3 rings (SSSR count). The smallest absolute Gasteiger partial charge is 0.407 e. The lowest BCUT2D eigenvalue weighted by Crippen LogP contribution is -2.54. The third kappa shape index (κ3) is 4.58. The van der Waals surface area contributed by atoms with E-state index in [9.17, 15) is 9.59 Å². The lowest BCUT2D eigenvalue weighted by Gasteiger charge is -2.33. The Morgan fingerprint density at radius 3 is 2.67 bits per heavy atom. The van der Waals surface area contributed by atoms with Crippen molar-refractivity contribution < 1.29 is 28.5 Å². The third-order valence-corrected chi connectivity index (χ3v) is 4.72. The monoisotopic (exact) mass is 378 g/mol. The number of ether oxygens (including phenoxy) is 4. The molecule has 3 atom stereocenters. The van der Waals surface area contributed by atoms with E-state index in [1.54, 1.807) is 7.05 Å². The zero-order valence-corrected chi connectivity index (χ0v) is 15.8. The molecule has 2 aliphatic heterocycles. The summed E-state index contributed by atoms with van der Waals surface area (Å²) in [6.45, 7) is 4.17. The maximum atomic E-state index is 12.1. The minimum atomic E-state index is -1.01. The molecule has 2 saturated heterocycles. The summed E-state index contributed by atoms with van der Waals surface area (Å²) in [5, 5.41) is 5.30. The van der Waals surface area contributed by atoms with Gasteiger partial charge in [-0.25, -0.2) is 4.79 Å². The van der Waals surface area contributed by atoms with E-state index >= 15 is 0 Å². The molecule has 0 saturated carbocycles. The summed E-state index contributed by atoms with van der Waals surface area (Å²) in [5.74, 6) is -0.968. The normalized spacial score (nSPS) is 28.4. The Labute approximate surface area is 158 Å². The standard InChI is InChI=1S/C19H26N2O6/c1-18(2)26-14-11-25-19(16(14)27-18,9-15(22)20-3)12-21-17(23)24-10-13-7-5-4-6-8-13/h4-8,14,16H,9-12H2,1-3H3,(H,20,22)(H,21,23)/t14-,16-,19+/m1/s1. The highest BCUT2D eigenvalue weighted by atomic mass is 16.8. The van der Waals surface area contributed by atoms with E-state index in [0.717, 1.165) is 5.56 Å². The number of alkyl carbamates (subject to hydrolysis) is 1. The maximum Gasteiger partial charge on any atom is 0.407 e. The summed E-state index contributed by atoms with van der Waals surface area (Å²) in [7, 11) is 1.56. The summed E-state index contributed by atoms with van der Waals surface area (Å²) in [6, 6.07) is 9.39. The van der Waals surface area contributed by atoms with Gasteiger partial charge in [-0.2, -0.15) is 0 Å². The van der Waals surface area contributed by atoms with Gasteiger partial charge >= 0.3 is 6.09 Å². The Morgan fingerprint density at radius 1 is 1.22 bits per heavy atom. The Morgan fingerprint density at radius 2 is 1.96 bits per heavy atom. The number of fused-ring (bicyclic) bond motifs is 1. The molecule has 27 heavy (non-hydrogen) atoms. The van der Waals surface area contributed by atoms with Crippen LogP contribution in [0.15, 0.2) is 30.3 Å². The van der Waals surface area contributed by atoms with E-state index in [4.69, 9.17) is 18.9 Å². The van der Waals surface area contributed by atoms with E-state index in [1.807, 2.05) is 44.2 Å². The molecule has 2 N–H and O–H groups in total. The van der Waals surface area contributed by atoms with Crippen molar-refractivity contribution in [2.24, 2.45) is 0 Å². The fourth-order valence-corrected chi connectivity index (χ4v) is 3.46. The predicted octanol–water partition coefficient (Wildman–Crippen LogP) is 1.34. The van der Waals surface area contributed by atoms with E-state index in [1.165, 1.54) is 0 Å². The Balaban J connectivity index is 1.62. The summed E-state index contributed by atoms with van der Waals surface area (Å²) in [5.41, 5.74) is -0.121. The quantitative estimate of drug-likeness (QED) is 0.776. The van der Waals surface area contributed by atoms with Crippen molar-refractivity contribution in [3.05, 3.63) is 35.9 Å². The molecule has 148 valence electrons. The second kappa shape index (κ2) is 7.84. The average molecular weight is 378 g/mol. The van der Waals surface area contributed by atoms with Gasteiger partial charge in [0.2, 0.25) is 5.91 Å². The number of nitrogens with one attached hydrogen (secondary N) is 2. The zero-order chi connectivity index (χ0) is 19.5. The predicted molar refractivity (Wildman–Crippen MR) is 95.8 cm³/mol. The van der Waals surface area contributed by atoms with Crippen LogP contribution in [-0.2, 0) is 30.3 Å². The van der Waals surface area contributed by atoms with Gasteiger partial charge in [0.15, 0.2) is 5.79 Å². The van der Waals surface area contributed by atoms with E-state index in [0.29, 0.717) is 6.61 Å². The molecule has 8 nitrogen and oxygen atoms in total. The van der Waals surface area contributed by atoms with Crippen LogP contribution in [0.3, 0.4) is 0 Å². The summed E-state index contributed by atoms with van der Waals surface area (Å²) < 4.78 is 23.0. The van der Waals surface area contributed by atoms with Gasteiger partial charge in [0.05, 0.1) is 19.6 Å². The van der Waals surface area contributed by atoms with E-state index < -0.39 is 23.6 Å². The first-order chi connectivity index (χ1) is 12.8. The first-order valence-electron chi connectivity index (χ1n) is 8.98. The molecule has 8 heteroatoms. The summed E-state index contributed by atoms with van der Waals surface area (Å²) in [6.07, 6.45) is -1.28. The molecule has 0 unspecified atom stereocenters. The molecular weight excluding hydrogens is 352 g/mol. The van der Waals surface area contributed by atoms with Crippen molar-refractivity contribution >= 4 is 12.0 Å². The highest BCUT2D eigenvalue weighted by Gasteiger charge is 2.59. The van der Waals surface area contributed by atoms with Crippen LogP contribution in [0.5, 0.6) is 0 Å². The lowest BCUT2D eigenvalue weighted by atomic mass is 9.91. The van der Waals surface area contributed by atoms with Gasteiger partial charge in [0.1, 0.15) is 24.4 Å². The molecule has 0 radical (unpaired) electrons. The van der Waals surface area contributed by atoms with Gasteiger partial charge in [-0.1, -0.05) is 30.3 Å². The van der Waals surface area contributed by atoms with Gasteiger partial charge in [-0.15, -0.1) is 0 Å². The average Bonchev–Trinajstić information content (AvgIpc) is 3.13. The van der Waals surface area contributed by atoms with Gasteiger partial charge < -0.3 is 29.6 Å². The van der Waals surface area contributed by atoms with Crippen molar-refractivity contribution in [2.45, 2.75) is 50.5 Å². The molecule has 2 amide bonds. The molecule has 1 aromatic carbocycles. The van der Waals surface area contributed by atoms with Gasteiger partial charge in [0.25, 0.3) is 0 Å². The molecule has 1 aromatic rings. The molecule has 0 bridgehead atoms. The first kappa shape index (κ1) is 19.6. The topological polar surface area (TPSA) is 95.1 Å². The van der Waals surface area contributed by atoms with Gasteiger partial charge in [0, 0.05) is 7.05 Å². The molecule has 0 spiro atoms. The van der Waals surface area contributed by atoms with Crippen LogP contribution in [0.1, 0.15) is 25.8 Å². The minimum absolute atomic E-state index is 0.0447. The van der Waals surface area contributed by atoms with Crippen LogP contribution in [0.25, 0.3) is 0 Å². The van der Waals surface area contributed by atoms with E-state index in [2.05, 4.69) is 10.6 Å². The van der Waals surface area contributed by atoms with E-state index in [-0.39, 0.29) is 31.6 Å². The van der Waals surface area contributed by atoms with Crippen LogP contribution >= 0.6 is 0 Å². The number of hydrogen-bond donors (Lipinski definition) is 2. The number of benzene rings is 1. The number of amides is 2. The van der Waals surface area contributed by atoms with Crippen LogP contribution in [0, 0.1) is 0 Å². The summed E-state index contributed by atoms with van der Waals surface area (Å²) in [4.78, 5) is 24.2. The number of carbonyl (C=O) groups is 2. The molecule has 2 aliphatic rings. The Bertz CT molecular complexity index is 680. The molecule has 0 aliphatic carbocycles. The van der Waals surface area contributed by atoms with Gasteiger partial charge in [-0.3, -0.25) is 4.79 Å². The van der Waals surface area contributed by atoms with Crippen molar-refractivity contribution in [1.29, 1.82) is 0 Å². The van der Waals surface area contributed by atoms with Crippen molar-refractivity contribution in [2.75, 3.05) is 20.2 Å². The van der Waals surface area contributed by atoms with Crippen LogP contribution < -0.4 is 10.6 Å². The zero-order valence-electron chi connectivity index (χ0n) is 15.8. The van der Waals surface area contributed by atoms with Crippen LogP contribution in [0.2, 0.25) is 0 Å². The highest BCUT2D eigenvalue weighted by Crippen LogP contribution is 2.42. The third-order valence-electron chi connectivity index (χ3n) is 4.72. The van der Waals surface area contributed by atoms with Crippen molar-refractivity contribution in [3.8, 4) is 0 Å². The Hall–Kier alpha value is -2.16. The fraction of sp³-hybridized carbons (Fsp3) is 0.579. The molecule has 2 heterocycles.